The second kappa shape index (κ2) is 7.70. The topological polar surface area (TPSA) is 54.9 Å². The van der Waals surface area contributed by atoms with Gasteiger partial charge >= 0.3 is 0 Å². The monoisotopic (exact) mass is 391 g/mol. The van der Waals surface area contributed by atoms with Gasteiger partial charge in [0.2, 0.25) is 0 Å². The van der Waals surface area contributed by atoms with Crippen LogP contribution in [0.2, 0.25) is 5.15 Å². The molecule has 0 saturated carbocycles. The first kappa shape index (κ1) is 17.4. The number of halogens is 1. The SMILES string of the molecule is O=C(Nc1cccc(-c2ccccc2)c1)c1sc(-c2cccnc2)nc1Cl. The number of carbonyl (C=O) groups is 1. The van der Waals surface area contributed by atoms with E-state index in [1.54, 1.807) is 12.4 Å². The molecule has 2 aromatic carbocycles. The van der Waals surface area contributed by atoms with Crippen molar-refractivity contribution in [3.05, 3.63) is 89.2 Å². The predicted octanol–water partition coefficient (Wildman–Crippen LogP) is 5.78. The molecule has 2 aromatic heterocycles. The molecule has 0 bridgehead atoms. The molecule has 6 heteroatoms. The van der Waals surface area contributed by atoms with Gasteiger partial charge in [-0.1, -0.05) is 54.1 Å². The number of hydrogen-bond donors (Lipinski definition) is 1. The summed E-state index contributed by atoms with van der Waals surface area (Å²) in [7, 11) is 0. The van der Waals surface area contributed by atoms with Crippen molar-refractivity contribution in [3.8, 4) is 21.7 Å². The third kappa shape index (κ3) is 3.89. The molecular formula is C21H14ClN3OS. The van der Waals surface area contributed by atoms with Crippen LogP contribution in [0.5, 0.6) is 0 Å². The number of benzene rings is 2. The van der Waals surface area contributed by atoms with E-state index in [9.17, 15) is 4.79 Å². The summed E-state index contributed by atoms with van der Waals surface area (Å²) < 4.78 is 0. The van der Waals surface area contributed by atoms with E-state index in [4.69, 9.17) is 11.6 Å². The van der Waals surface area contributed by atoms with Crippen LogP contribution in [0.25, 0.3) is 21.7 Å². The molecule has 4 nitrogen and oxygen atoms in total. The van der Waals surface area contributed by atoms with Gasteiger partial charge in [-0.25, -0.2) is 4.98 Å². The van der Waals surface area contributed by atoms with Gasteiger partial charge in [0.25, 0.3) is 5.91 Å². The molecule has 0 fully saturated rings. The van der Waals surface area contributed by atoms with Crippen LogP contribution in [-0.2, 0) is 0 Å². The number of carbonyl (C=O) groups excluding carboxylic acids is 1. The van der Waals surface area contributed by atoms with Crippen LogP contribution in [0.3, 0.4) is 0 Å². The number of pyridine rings is 1. The lowest BCUT2D eigenvalue weighted by molar-refractivity contribution is 0.103. The summed E-state index contributed by atoms with van der Waals surface area (Å²) in [6.07, 6.45) is 3.38. The number of thiazole rings is 1. The molecule has 4 rings (SSSR count). The Labute approximate surface area is 165 Å². The Kier molecular flexibility index (Phi) is 4.96. The molecule has 1 N–H and O–H groups in total. The van der Waals surface area contributed by atoms with Crippen LogP contribution in [-0.4, -0.2) is 15.9 Å². The lowest BCUT2D eigenvalue weighted by Crippen LogP contribution is -2.10. The molecule has 0 saturated heterocycles. The summed E-state index contributed by atoms with van der Waals surface area (Å²) in [5.74, 6) is -0.280. The zero-order valence-corrected chi connectivity index (χ0v) is 15.7. The standard InChI is InChI=1S/C21H14ClN3OS/c22-19-18(27-21(25-19)16-9-5-11-23-13-16)20(26)24-17-10-4-8-15(12-17)14-6-2-1-3-7-14/h1-13H,(H,24,26). The van der Waals surface area contributed by atoms with E-state index in [0.717, 1.165) is 16.7 Å². The summed E-state index contributed by atoms with van der Waals surface area (Å²) in [6, 6.07) is 21.4. The maximum Gasteiger partial charge on any atom is 0.268 e. The van der Waals surface area contributed by atoms with Gasteiger partial charge in [0.15, 0.2) is 5.15 Å². The molecular weight excluding hydrogens is 378 g/mol. The van der Waals surface area contributed by atoms with Crippen molar-refractivity contribution in [1.82, 2.24) is 9.97 Å². The van der Waals surface area contributed by atoms with E-state index in [-0.39, 0.29) is 11.1 Å². The van der Waals surface area contributed by atoms with E-state index in [1.807, 2.05) is 66.7 Å². The van der Waals surface area contributed by atoms with Gasteiger partial charge in [-0.2, -0.15) is 0 Å². The Balaban J connectivity index is 1.57. The number of rotatable bonds is 4. The molecule has 4 aromatic rings. The minimum atomic E-state index is -0.280. The van der Waals surface area contributed by atoms with E-state index in [1.165, 1.54) is 11.3 Å². The Morgan fingerprint density at radius 3 is 2.48 bits per heavy atom. The number of nitrogens with zero attached hydrogens (tertiary/aromatic N) is 2. The van der Waals surface area contributed by atoms with Gasteiger partial charge in [-0.3, -0.25) is 9.78 Å². The quantitative estimate of drug-likeness (QED) is 0.480. The van der Waals surface area contributed by atoms with Crippen molar-refractivity contribution in [2.45, 2.75) is 0 Å². The highest BCUT2D eigenvalue weighted by Gasteiger charge is 2.18. The maximum atomic E-state index is 12.7. The van der Waals surface area contributed by atoms with Crippen molar-refractivity contribution < 1.29 is 4.79 Å². The molecule has 27 heavy (non-hydrogen) atoms. The molecule has 0 aliphatic carbocycles. The van der Waals surface area contributed by atoms with Crippen molar-refractivity contribution in [1.29, 1.82) is 0 Å². The fraction of sp³-hybridized carbons (Fsp3) is 0. The highest BCUT2D eigenvalue weighted by atomic mass is 35.5. The van der Waals surface area contributed by atoms with E-state index >= 15 is 0 Å². The molecule has 2 heterocycles. The largest absolute Gasteiger partial charge is 0.321 e. The Morgan fingerprint density at radius 1 is 0.926 bits per heavy atom. The number of amides is 1. The average Bonchev–Trinajstić information content (AvgIpc) is 3.11. The molecule has 0 atom stereocenters. The van der Waals surface area contributed by atoms with Crippen molar-refractivity contribution in [2.75, 3.05) is 5.32 Å². The van der Waals surface area contributed by atoms with Gasteiger partial charge < -0.3 is 5.32 Å². The summed E-state index contributed by atoms with van der Waals surface area (Å²) in [5.41, 5.74) is 3.64. The van der Waals surface area contributed by atoms with Crippen LogP contribution in [0, 0.1) is 0 Å². The van der Waals surface area contributed by atoms with Gasteiger partial charge in [0.1, 0.15) is 9.88 Å². The lowest BCUT2D eigenvalue weighted by Gasteiger charge is -2.07. The summed E-state index contributed by atoms with van der Waals surface area (Å²) >= 11 is 7.45. The van der Waals surface area contributed by atoms with Crippen LogP contribution in [0.15, 0.2) is 79.1 Å². The van der Waals surface area contributed by atoms with E-state index in [0.29, 0.717) is 15.6 Å². The highest BCUT2D eigenvalue weighted by Crippen LogP contribution is 2.31. The zero-order chi connectivity index (χ0) is 18.6. The second-order valence-electron chi connectivity index (χ2n) is 5.78. The smallest absolute Gasteiger partial charge is 0.268 e. The first-order valence-electron chi connectivity index (χ1n) is 8.24. The summed E-state index contributed by atoms with van der Waals surface area (Å²) in [5, 5.41) is 3.76. The van der Waals surface area contributed by atoms with Gasteiger partial charge in [-0.05, 0) is 35.4 Å². The fourth-order valence-corrected chi connectivity index (χ4v) is 3.83. The Hall–Kier alpha value is -3.02. The number of hydrogen-bond acceptors (Lipinski definition) is 4. The van der Waals surface area contributed by atoms with Crippen molar-refractivity contribution in [3.63, 3.8) is 0 Å². The third-order valence-corrected chi connectivity index (χ3v) is 5.42. The van der Waals surface area contributed by atoms with Crippen LogP contribution in [0.1, 0.15) is 9.67 Å². The average molecular weight is 392 g/mol. The van der Waals surface area contributed by atoms with E-state index < -0.39 is 0 Å². The fourth-order valence-electron chi connectivity index (χ4n) is 2.65. The minimum Gasteiger partial charge on any atom is -0.321 e. The molecule has 0 unspecified atom stereocenters. The third-order valence-electron chi connectivity index (χ3n) is 3.93. The maximum absolute atomic E-state index is 12.7. The van der Waals surface area contributed by atoms with Crippen molar-refractivity contribution in [2.24, 2.45) is 0 Å². The molecule has 0 aliphatic rings. The molecule has 132 valence electrons. The van der Waals surface area contributed by atoms with Gasteiger partial charge in [-0.15, -0.1) is 11.3 Å². The van der Waals surface area contributed by atoms with Gasteiger partial charge in [0.05, 0.1) is 0 Å². The number of anilines is 1. The molecule has 0 spiro atoms. The Morgan fingerprint density at radius 2 is 1.70 bits per heavy atom. The molecule has 0 radical (unpaired) electrons. The van der Waals surface area contributed by atoms with Crippen LogP contribution in [0.4, 0.5) is 5.69 Å². The molecule has 0 aliphatic heterocycles. The first-order chi connectivity index (χ1) is 13.2. The van der Waals surface area contributed by atoms with Crippen molar-refractivity contribution >= 4 is 34.5 Å². The van der Waals surface area contributed by atoms with Crippen LogP contribution < -0.4 is 5.32 Å². The summed E-state index contributed by atoms with van der Waals surface area (Å²) in [4.78, 5) is 21.4. The zero-order valence-electron chi connectivity index (χ0n) is 14.1. The minimum absolute atomic E-state index is 0.190. The first-order valence-corrected chi connectivity index (χ1v) is 9.44. The summed E-state index contributed by atoms with van der Waals surface area (Å²) in [6.45, 7) is 0. The lowest BCUT2D eigenvalue weighted by atomic mass is 10.1. The highest BCUT2D eigenvalue weighted by molar-refractivity contribution is 7.17. The number of aromatic nitrogens is 2. The van der Waals surface area contributed by atoms with E-state index in [2.05, 4.69) is 15.3 Å². The Bertz CT molecular complexity index is 1080. The normalized spacial score (nSPS) is 10.6. The van der Waals surface area contributed by atoms with Crippen LogP contribution >= 0.6 is 22.9 Å². The predicted molar refractivity (Wildman–Crippen MR) is 110 cm³/mol. The molecule has 1 amide bonds. The van der Waals surface area contributed by atoms with Gasteiger partial charge in [0, 0.05) is 23.6 Å². The second-order valence-corrected chi connectivity index (χ2v) is 7.14. The number of nitrogens with one attached hydrogen (secondary N) is 1.